The van der Waals surface area contributed by atoms with Crippen molar-refractivity contribution in [2.45, 2.75) is 51.4 Å². The Morgan fingerprint density at radius 2 is 2.09 bits per heavy atom. The van der Waals surface area contributed by atoms with Gasteiger partial charge in [-0.3, -0.25) is 0 Å². The van der Waals surface area contributed by atoms with Crippen molar-refractivity contribution < 1.29 is 24.6 Å². The predicted molar refractivity (Wildman–Crippen MR) is 88.9 cm³/mol. The number of ether oxygens (including phenoxy) is 3. The Kier molecular flexibility index (Phi) is 5.89. The van der Waals surface area contributed by atoms with Crippen LogP contribution in [0.5, 0.6) is 11.5 Å². The number of hydrogen-bond acceptors (Lipinski definition) is 4. The van der Waals surface area contributed by atoms with E-state index in [0.29, 0.717) is 32.6 Å². The number of aliphatic hydroxyl groups is 1. The van der Waals surface area contributed by atoms with Crippen LogP contribution in [-0.4, -0.2) is 43.2 Å². The lowest BCUT2D eigenvalue weighted by molar-refractivity contribution is -0.683. The van der Waals surface area contributed by atoms with Gasteiger partial charge in [0.25, 0.3) is 0 Å². The zero-order valence-corrected chi connectivity index (χ0v) is 14.7. The molecule has 0 aliphatic carbocycles. The zero-order valence-electron chi connectivity index (χ0n) is 14.7. The summed E-state index contributed by atoms with van der Waals surface area (Å²) in [6, 6.07) is 5.98. The van der Waals surface area contributed by atoms with Crippen LogP contribution in [0, 0.1) is 0 Å². The van der Waals surface area contributed by atoms with E-state index < -0.39 is 5.60 Å². The van der Waals surface area contributed by atoms with Crippen LogP contribution in [0.1, 0.15) is 39.2 Å². The Labute approximate surface area is 138 Å². The number of benzene rings is 1. The van der Waals surface area contributed by atoms with Gasteiger partial charge in [0.15, 0.2) is 11.5 Å². The quantitative estimate of drug-likeness (QED) is 0.797. The summed E-state index contributed by atoms with van der Waals surface area (Å²) in [5.74, 6) is 1.52. The van der Waals surface area contributed by atoms with E-state index >= 15 is 0 Å². The lowest BCUT2D eigenvalue weighted by Crippen LogP contribution is -2.87. The SMILES string of the molecule is CCOc1cc(C[NH2+]C[C@]2(O)CCOC(C)(C)C2)ccc1OC. The molecule has 1 aliphatic heterocycles. The topological polar surface area (TPSA) is 64.5 Å². The Bertz CT molecular complexity index is 518. The molecule has 0 unspecified atom stereocenters. The van der Waals surface area contributed by atoms with Crippen LogP contribution < -0.4 is 14.8 Å². The van der Waals surface area contributed by atoms with Crippen molar-refractivity contribution in [2.75, 3.05) is 26.9 Å². The average Bonchev–Trinajstić information content (AvgIpc) is 2.46. The number of hydrogen-bond donors (Lipinski definition) is 2. The van der Waals surface area contributed by atoms with Gasteiger partial charge in [0, 0.05) is 18.4 Å². The normalized spacial score (nSPS) is 23.5. The molecule has 0 bridgehead atoms. The van der Waals surface area contributed by atoms with Crippen molar-refractivity contribution in [1.29, 1.82) is 0 Å². The Morgan fingerprint density at radius 3 is 2.74 bits per heavy atom. The van der Waals surface area contributed by atoms with Crippen LogP contribution in [0.2, 0.25) is 0 Å². The summed E-state index contributed by atoms with van der Waals surface area (Å²) in [4.78, 5) is 0. The van der Waals surface area contributed by atoms with E-state index in [-0.39, 0.29) is 5.60 Å². The third-order valence-electron chi connectivity index (χ3n) is 4.25. The maximum Gasteiger partial charge on any atom is 0.161 e. The zero-order chi connectivity index (χ0) is 16.9. The molecule has 23 heavy (non-hydrogen) atoms. The predicted octanol–water partition coefficient (Wildman–Crippen LogP) is 1.48. The summed E-state index contributed by atoms with van der Waals surface area (Å²) in [6.07, 6.45) is 1.36. The first-order valence-electron chi connectivity index (χ1n) is 8.35. The second kappa shape index (κ2) is 7.51. The van der Waals surface area contributed by atoms with Crippen LogP contribution in [0.3, 0.4) is 0 Å². The maximum atomic E-state index is 10.7. The molecular formula is C18H30NO4+. The summed E-state index contributed by atoms with van der Waals surface area (Å²) in [5, 5.41) is 12.9. The molecule has 1 aliphatic rings. The van der Waals surface area contributed by atoms with Crippen molar-refractivity contribution in [2.24, 2.45) is 0 Å². The summed E-state index contributed by atoms with van der Waals surface area (Å²) >= 11 is 0. The van der Waals surface area contributed by atoms with E-state index in [0.717, 1.165) is 23.6 Å². The van der Waals surface area contributed by atoms with E-state index in [4.69, 9.17) is 14.2 Å². The Balaban J connectivity index is 1.92. The fraction of sp³-hybridized carbons (Fsp3) is 0.667. The summed E-state index contributed by atoms with van der Waals surface area (Å²) in [7, 11) is 1.64. The molecule has 1 aromatic carbocycles. The van der Waals surface area contributed by atoms with Gasteiger partial charge in [-0.25, -0.2) is 0 Å². The Morgan fingerprint density at radius 1 is 1.30 bits per heavy atom. The molecule has 0 saturated carbocycles. The smallest absolute Gasteiger partial charge is 0.161 e. The molecule has 1 heterocycles. The largest absolute Gasteiger partial charge is 0.493 e. The molecule has 1 atom stereocenters. The van der Waals surface area contributed by atoms with Crippen molar-refractivity contribution in [3.05, 3.63) is 23.8 Å². The molecule has 0 amide bonds. The van der Waals surface area contributed by atoms with E-state index in [1.807, 2.05) is 39.0 Å². The molecule has 130 valence electrons. The lowest BCUT2D eigenvalue weighted by Gasteiger charge is -2.40. The molecule has 1 fully saturated rings. The highest BCUT2D eigenvalue weighted by Crippen LogP contribution is 2.31. The van der Waals surface area contributed by atoms with E-state index in [2.05, 4.69) is 5.32 Å². The first kappa shape index (κ1) is 18.0. The number of quaternary nitrogens is 1. The first-order chi connectivity index (χ1) is 10.9. The van der Waals surface area contributed by atoms with E-state index in [9.17, 15) is 5.11 Å². The van der Waals surface area contributed by atoms with Crippen molar-refractivity contribution in [3.63, 3.8) is 0 Å². The molecule has 3 N–H and O–H groups in total. The van der Waals surface area contributed by atoms with Gasteiger partial charge in [-0.05, 0) is 39.0 Å². The fourth-order valence-corrected chi connectivity index (χ4v) is 3.25. The summed E-state index contributed by atoms with van der Waals surface area (Å²) < 4.78 is 16.6. The van der Waals surface area contributed by atoms with Gasteiger partial charge in [-0.15, -0.1) is 0 Å². The molecule has 1 saturated heterocycles. The van der Waals surface area contributed by atoms with Gasteiger partial charge in [-0.1, -0.05) is 0 Å². The summed E-state index contributed by atoms with van der Waals surface area (Å²) in [5.41, 5.74) is 0.254. The molecule has 0 spiro atoms. The second-order valence-electron chi connectivity index (χ2n) is 6.87. The second-order valence-corrected chi connectivity index (χ2v) is 6.87. The van der Waals surface area contributed by atoms with Crippen LogP contribution in [0.25, 0.3) is 0 Å². The third-order valence-corrected chi connectivity index (χ3v) is 4.25. The van der Waals surface area contributed by atoms with Gasteiger partial charge in [-0.2, -0.15) is 0 Å². The van der Waals surface area contributed by atoms with Crippen molar-refractivity contribution in [1.82, 2.24) is 0 Å². The molecule has 5 heteroatoms. The van der Waals surface area contributed by atoms with Crippen LogP contribution >= 0.6 is 0 Å². The average molecular weight is 324 g/mol. The molecule has 1 aromatic rings. The minimum absolute atomic E-state index is 0.247. The minimum Gasteiger partial charge on any atom is -0.493 e. The molecule has 0 radical (unpaired) electrons. The highest BCUT2D eigenvalue weighted by Gasteiger charge is 2.40. The standard InChI is InChI=1S/C18H29NO4/c1-5-22-16-10-14(6-7-15(16)21-4)11-19-13-18(20)8-9-23-17(2,3)12-18/h6-7,10,19-20H,5,8-9,11-13H2,1-4H3/p+1/t18-/m0/s1. The number of rotatable bonds is 7. The van der Waals surface area contributed by atoms with Gasteiger partial charge >= 0.3 is 0 Å². The fourth-order valence-electron chi connectivity index (χ4n) is 3.25. The number of nitrogens with two attached hydrogens (primary N) is 1. The molecule has 5 nitrogen and oxygen atoms in total. The molecule has 2 rings (SSSR count). The van der Waals surface area contributed by atoms with Gasteiger partial charge in [0.05, 0.1) is 25.9 Å². The van der Waals surface area contributed by atoms with Crippen LogP contribution in [0.15, 0.2) is 18.2 Å². The summed E-state index contributed by atoms with van der Waals surface area (Å²) in [6.45, 7) is 8.74. The first-order valence-corrected chi connectivity index (χ1v) is 8.35. The molecular weight excluding hydrogens is 294 g/mol. The van der Waals surface area contributed by atoms with Crippen LogP contribution in [0.4, 0.5) is 0 Å². The van der Waals surface area contributed by atoms with Gasteiger partial charge in [0.2, 0.25) is 0 Å². The van der Waals surface area contributed by atoms with Crippen molar-refractivity contribution >= 4 is 0 Å². The molecule has 0 aromatic heterocycles. The van der Waals surface area contributed by atoms with Gasteiger partial charge < -0.3 is 24.6 Å². The van der Waals surface area contributed by atoms with E-state index in [1.54, 1.807) is 7.11 Å². The lowest BCUT2D eigenvalue weighted by atomic mass is 9.84. The van der Waals surface area contributed by atoms with Gasteiger partial charge in [0.1, 0.15) is 18.7 Å². The highest BCUT2D eigenvalue weighted by molar-refractivity contribution is 5.42. The van der Waals surface area contributed by atoms with E-state index in [1.165, 1.54) is 0 Å². The van der Waals surface area contributed by atoms with Crippen molar-refractivity contribution in [3.8, 4) is 11.5 Å². The Hall–Kier alpha value is -1.30. The maximum absolute atomic E-state index is 10.7. The third kappa shape index (κ3) is 5.09. The van der Waals surface area contributed by atoms with Crippen LogP contribution in [-0.2, 0) is 11.3 Å². The minimum atomic E-state index is -0.656. The highest BCUT2D eigenvalue weighted by atomic mass is 16.5. The number of methoxy groups -OCH3 is 1. The monoisotopic (exact) mass is 324 g/mol.